The van der Waals surface area contributed by atoms with Gasteiger partial charge >= 0.3 is 0 Å². The number of carbonyl (C=O) groups is 1. The van der Waals surface area contributed by atoms with Gasteiger partial charge in [-0.2, -0.15) is 0 Å². The lowest BCUT2D eigenvalue weighted by Gasteiger charge is -2.15. The second kappa shape index (κ2) is 5.98. The van der Waals surface area contributed by atoms with E-state index in [0.717, 1.165) is 12.8 Å². The molecule has 14 heavy (non-hydrogen) atoms. The molecule has 1 N–H and O–H groups in total. The van der Waals surface area contributed by atoms with E-state index in [9.17, 15) is 9.90 Å². The molecule has 0 aromatic heterocycles. The van der Waals surface area contributed by atoms with Crippen molar-refractivity contribution in [2.45, 2.75) is 32.3 Å². The first kappa shape index (κ1) is 11.5. The number of rotatable bonds is 5. The third-order valence-corrected chi connectivity index (χ3v) is 2.40. The Balaban J connectivity index is 2.09. The van der Waals surface area contributed by atoms with Crippen molar-refractivity contribution >= 4 is 5.91 Å². The van der Waals surface area contributed by atoms with Gasteiger partial charge in [-0.3, -0.25) is 4.79 Å². The highest BCUT2D eigenvalue weighted by Crippen LogP contribution is 2.10. The molecule has 4 heteroatoms. The minimum Gasteiger partial charge on any atom is -0.391 e. The van der Waals surface area contributed by atoms with Crippen molar-refractivity contribution in [2.75, 3.05) is 26.3 Å². The first-order valence-corrected chi connectivity index (χ1v) is 5.27. The fourth-order valence-corrected chi connectivity index (χ4v) is 1.60. The van der Waals surface area contributed by atoms with Crippen LogP contribution >= 0.6 is 0 Å². The van der Waals surface area contributed by atoms with Gasteiger partial charge < -0.3 is 14.7 Å². The molecule has 82 valence electrons. The van der Waals surface area contributed by atoms with Crippen LogP contribution < -0.4 is 0 Å². The fraction of sp³-hybridized carbons (Fsp3) is 0.900. The molecule has 0 spiro atoms. The minimum atomic E-state index is -0.314. The van der Waals surface area contributed by atoms with Gasteiger partial charge in [0.15, 0.2) is 0 Å². The quantitative estimate of drug-likeness (QED) is 0.655. The standard InChI is InChI=1S/C10H19NO3/c1-2-14-7-3-4-10(13)11-6-5-9(12)8-11/h9,12H,2-8H2,1H3. The number of hydrogen-bond acceptors (Lipinski definition) is 3. The number of carbonyl (C=O) groups excluding carboxylic acids is 1. The van der Waals surface area contributed by atoms with Gasteiger partial charge in [0.25, 0.3) is 0 Å². The zero-order chi connectivity index (χ0) is 10.4. The van der Waals surface area contributed by atoms with Gasteiger partial charge in [-0.15, -0.1) is 0 Å². The molecule has 0 radical (unpaired) electrons. The van der Waals surface area contributed by atoms with Gasteiger partial charge in [-0.05, 0) is 19.8 Å². The lowest BCUT2D eigenvalue weighted by Crippen LogP contribution is -2.29. The van der Waals surface area contributed by atoms with Gasteiger partial charge in [-0.1, -0.05) is 0 Å². The van der Waals surface area contributed by atoms with E-state index in [1.165, 1.54) is 0 Å². The van der Waals surface area contributed by atoms with Crippen LogP contribution in [0.15, 0.2) is 0 Å². The number of β-amino-alcohol motifs (C(OH)–C–C–N with tert-alkyl or cyclic N) is 1. The monoisotopic (exact) mass is 201 g/mol. The fourth-order valence-electron chi connectivity index (χ4n) is 1.60. The molecule has 1 heterocycles. The number of nitrogens with zero attached hydrogens (tertiary/aromatic N) is 1. The van der Waals surface area contributed by atoms with E-state index < -0.39 is 0 Å². The molecule has 1 aliphatic heterocycles. The summed E-state index contributed by atoms with van der Waals surface area (Å²) < 4.78 is 5.15. The number of hydrogen-bond donors (Lipinski definition) is 1. The molecule has 1 atom stereocenters. The van der Waals surface area contributed by atoms with Crippen molar-refractivity contribution in [3.63, 3.8) is 0 Å². The molecular formula is C10H19NO3. The Morgan fingerprint density at radius 3 is 3.00 bits per heavy atom. The lowest BCUT2D eigenvalue weighted by molar-refractivity contribution is -0.130. The van der Waals surface area contributed by atoms with Crippen molar-refractivity contribution < 1.29 is 14.6 Å². The highest BCUT2D eigenvalue weighted by molar-refractivity contribution is 5.76. The zero-order valence-electron chi connectivity index (χ0n) is 8.74. The van der Waals surface area contributed by atoms with Crippen molar-refractivity contribution in [1.82, 2.24) is 4.90 Å². The van der Waals surface area contributed by atoms with Crippen LogP contribution in [0.3, 0.4) is 0 Å². The van der Waals surface area contributed by atoms with Gasteiger partial charge in [0.1, 0.15) is 0 Å². The maximum absolute atomic E-state index is 11.5. The molecule has 0 aliphatic carbocycles. The second-order valence-corrected chi connectivity index (χ2v) is 3.58. The third-order valence-electron chi connectivity index (χ3n) is 2.40. The molecule has 1 amide bonds. The molecule has 1 unspecified atom stereocenters. The maximum atomic E-state index is 11.5. The van der Waals surface area contributed by atoms with Crippen LogP contribution in [0, 0.1) is 0 Å². The highest BCUT2D eigenvalue weighted by Gasteiger charge is 2.23. The Kier molecular flexibility index (Phi) is 4.90. The summed E-state index contributed by atoms with van der Waals surface area (Å²) in [5.41, 5.74) is 0. The van der Waals surface area contributed by atoms with Crippen LogP contribution in [0.4, 0.5) is 0 Å². The topological polar surface area (TPSA) is 49.8 Å². The Morgan fingerprint density at radius 2 is 2.43 bits per heavy atom. The average molecular weight is 201 g/mol. The Hall–Kier alpha value is -0.610. The third kappa shape index (κ3) is 3.64. The smallest absolute Gasteiger partial charge is 0.222 e. The van der Waals surface area contributed by atoms with Crippen LogP contribution in [0.2, 0.25) is 0 Å². The molecule has 0 bridgehead atoms. The van der Waals surface area contributed by atoms with E-state index in [2.05, 4.69) is 0 Å². The van der Waals surface area contributed by atoms with Crippen LogP contribution in [0.1, 0.15) is 26.2 Å². The van der Waals surface area contributed by atoms with Crippen LogP contribution in [0.25, 0.3) is 0 Å². The summed E-state index contributed by atoms with van der Waals surface area (Å²) in [7, 11) is 0. The first-order chi connectivity index (χ1) is 6.74. The van der Waals surface area contributed by atoms with Crippen molar-refractivity contribution in [3.8, 4) is 0 Å². The molecule has 1 rings (SSSR count). The van der Waals surface area contributed by atoms with Gasteiger partial charge in [0, 0.05) is 32.7 Å². The van der Waals surface area contributed by atoms with Gasteiger partial charge in [0.05, 0.1) is 6.10 Å². The van der Waals surface area contributed by atoms with Crippen LogP contribution in [0.5, 0.6) is 0 Å². The number of amides is 1. The molecule has 1 aliphatic rings. The maximum Gasteiger partial charge on any atom is 0.222 e. The summed E-state index contributed by atoms with van der Waals surface area (Å²) in [5.74, 6) is 0.140. The van der Waals surface area contributed by atoms with Crippen LogP contribution in [-0.4, -0.2) is 48.3 Å². The van der Waals surface area contributed by atoms with E-state index in [1.807, 2.05) is 6.92 Å². The summed E-state index contributed by atoms with van der Waals surface area (Å²) in [4.78, 5) is 13.2. The summed E-state index contributed by atoms with van der Waals surface area (Å²) >= 11 is 0. The van der Waals surface area contributed by atoms with Crippen molar-refractivity contribution in [1.29, 1.82) is 0 Å². The van der Waals surface area contributed by atoms with Gasteiger partial charge in [-0.25, -0.2) is 0 Å². The first-order valence-electron chi connectivity index (χ1n) is 5.27. The molecule has 4 nitrogen and oxygen atoms in total. The van der Waals surface area contributed by atoms with E-state index in [0.29, 0.717) is 32.7 Å². The largest absolute Gasteiger partial charge is 0.391 e. The van der Waals surface area contributed by atoms with Crippen LogP contribution in [-0.2, 0) is 9.53 Å². The normalized spacial score (nSPS) is 21.6. The molecule has 1 fully saturated rings. The summed E-state index contributed by atoms with van der Waals surface area (Å²) in [5, 5.41) is 9.24. The summed E-state index contributed by atoms with van der Waals surface area (Å²) in [6.07, 6.45) is 1.72. The number of ether oxygens (including phenoxy) is 1. The van der Waals surface area contributed by atoms with E-state index in [-0.39, 0.29) is 12.0 Å². The molecule has 0 saturated carbocycles. The van der Waals surface area contributed by atoms with Gasteiger partial charge in [0.2, 0.25) is 5.91 Å². The summed E-state index contributed by atoms with van der Waals surface area (Å²) in [6.45, 7) is 4.51. The SMILES string of the molecule is CCOCCCC(=O)N1CCC(O)C1. The second-order valence-electron chi connectivity index (χ2n) is 3.58. The average Bonchev–Trinajstić information content (AvgIpc) is 2.59. The molecule has 0 aromatic rings. The Morgan fingerprint density at radius 1 is 1.64 bits per heavy atom. The Bertz CT molecular complexity index is 184. The number of aliphatic hydroxyl groups excluding tert-OH is 1. The number of likely N-dealkylation sites (tertiary alicyclic amines) is 1. The predicted molar refractivity (Wildman–Crippen MR) is 52.9 cm³/mol. The molecule has 0 aromatic carbocycles. The lowest BCUT2D eigenvalue weighted by atomic mass is 10.3. The van der Waals surface area contributed by atoms with E-state index >= 15 is 0 Å². The Labute approximate surface area is 84.8 Å². The zero-order valence-corrected chi connectivity index (χ0v) is 8.74. The number of aliphatic hydroxyl groups is 1. The molecule has 1 saturated heterocycles. The van der Waals surface area contributed by atoms with E-state index in [1.54, 1.807) is 4.90 Å². The minimum absolute atomic E-state index is 0.140. The molecular weight excluding hydrogens is 182 g/mol. The van der Waals surface area contributed by atoms with Crippen molar-refractivity contribution in [3.05, 3.63) is 0 Å². The summed E-state index contributed by atoms with van der Waals surface area (Å²) in [6, 6.07) is 0. The predicted octanol–water partition coefficient (Wildman–Crippen LogP) is 0.396. The van der Waals surface area contributed by atoms with E-state index in [4.69, 9.17) is 4.74 Å². The van der Waals surface area contributed by atoms with Crippen molar-refractivity contribution in [2.24, 2.45) is 0 Å². The highest BCUT2D eigenvalue weighted by atomic mass is 16.5.